The van der Waals surface area contributed by atoms with Crippen molar-refractivity contribution in [2.45, 2.75) is 39.3 Å². The van der Waals surface area contributed by atoms with Crippen LogP contribution in [0.15, 0.2) is 22.7 Å². The zero-order valence-electron chi connectivity index (χ0n) is 15.8. The van der Waals surface area contributed by atoms with Crippen molar-refractivity contribution in [1.29, 1.82) is 0 Å². The summed E-state index contributed by atoms with van der Waals surface area (Å²) in [7, 11) is 0. The summed E-state index contributed by atoms with van der Waals surface area (Å²) in [5.41, 5.74) is 0.582. The number of ether oxygens (including phenoxy) is 1. The van der Waals surface area contributed by atoms with Crippen LogP contribution in [0.3, 0.4) is 0 Å². The Morgan fingerprint density at radius 2 is 2.00 bits per heavy atom. The van der Waals surface area contributed by atoms with Crippen LogP contribution >= 0.6 is 0 Å². The van der Waals surface area contributed by atoms with Crippen LogP contribution in [-0.4, -0.2) is 40.6 Å². The maximum atomic E-state index is 12.7. The molecule has 1 aliphatic rings. The minimum Gasteiger partial charge on any atom is -0.477 e. The molecule has 0 bridgehead atoms. The number of pyridine rings is 1. The first-order valence-electron chi connectivity index (χ1n) is 9.10. The number of nitrogens with zero attached hydrogens (tertiary/aromatic N) is 3. The zero-order valence-corrected chi connectivity index (χ0v) is 15.8. The van der Waals surface area contributed by atoms with Crippen molar-refractivity contribution in [2.24, 2.45) is 5.92 Å². The van der Waals surface area contributed by atoms with Crippen molar-refractivity contribution in [1.82, 2.24) is 15.0 Å². The molecule has 0 atom stereocenters. The van der Waals surface area contributed by atoms with Crippen LogP contribution in [0.1, 0.15) is 35.6 Å². The minimum absolute atomic E-state index is 0.0216. The zero-order chi connectivity index (χ0) is 20.3. The molecular formula is C19H22F3N3O3. The van der Waals surface area contributed by atoms with Gasteiger partial charge in [-0.05, 0) is 38.7 Å². The van der Waals surface area contributed by atoms with E-state index in [0.29, 0.717) is 18.8 Å². The number of hydrogen-bond donors (Lipinski definition) is 0. The van der Waals surface area contributed by atoms with Crippen molar-refractivity contribution in [3.63, 3.8) is 0 Å². The summed E-state index contributed by atoms with van der Waals surface area (Å²) in [4.78, 5) is 17.8. The number of likely N-dealkylation sites (tertiary alicyclic amines) is 1. The molecule has 1 amide bonds. The number of rotatable bonds is 5. The predicted molar refractivity (Wildman–Crippen MR) is 93.7 cm³/mol. The van der Waals surface area contributed by atoms with Crippen LogP contribution in [0.2, 0.25) is 0 Å². The topological polar surface area (TPSA) is 68.5 Å². The molecule has 3 heterocycles. The lowest BCUT2D eigenvalue weighted by molar-refractivity contribution is -0.141. The molecule has 0 radical (unpaired) electrons. The Morgan fingerprint density at radius 3 is 2.61 bits per heavy atom. The Morgan fingerprint density at radius 1 is 1.29 bits per heavy atom. The van der Waals surface area contributed by atoms with Gasteiger partial charge < -0.3 is 14.2 Å². The van der Waals surface area contributed by atoms with Gasteiger partial charge in [-0.1, -0.05) is 11.2 Å². The van der Waals surface area contributed by atoms with Gasteiger partial charge in [-0.25, -0.2) is 4.98 Å². The Labute approximate surface area is 160 Å². The molecule has 2 aromatic heterocycles. The smallest absolute Gasteiger partial charge is 0.433 e. The van der Waals surface area contributed by atoms with Gasteiger partial charge in [0.2, 0.25) is 11.8 Å². The minimum atomic E-state index is -4.49. The van der Waals surface area contributed by atoms with E-state index >= 15 is 0 Å². The van der Waals surface area contributed by atoms with E-state index in [1.165, 1.54) is 12.1 Å². The van der Waals surface area contributed by atoms with Gasteiger partial charge in [0.15, 0.2) is 0 Å². The molecule has 0 N–H and O–H groups in total. The largest absolute Gasteiger partial charge is 0.477 e. The Bertz CT molecular complexity index is 808. The number of aromatic nitrogens is 2. The van der Waals surface area contributed by atoms with Crippen LogP contribution in [0.4, 0.5) is 13.2 Å². The van der Waals surface area contributed by atoms with E-state index in [1.54, 1.807) is 11.8 Å². The summed E-state index contributed by atoms with van der Waals surface area (Å²) >= 11 is 0. The number of carbonyl (C=O) groups is 1. The molecule has 28 heavy (non-hydrogen) atoms. The number of piperidine rings is 1. The summed E-state index contributed by atoms with van der Waals surface area (Å²) in [6, 6.07) is 3.61. The average molecular weight is 397 g/mol. The molecule has 2 aromatic rings. The molecule has 3 rings (SSSR count). The van der Waals surface area contributed by atoms with Gasteiger partial charge in [-0.3, -0.25) is 4.79 Å². The summed E-state index contributed by atoms with van der Waals surface area (Å²) in [6.07, 6.45) is -2.78. The second-order valence-electron chi connectivity index (χ2n) is 6.97. The highest BCUT2D eigenvalue weighted by atomic mass is 19.4. The van der Waals surface area contributed by atoms with Gasteiger partial charge in [-0.2, -0.15) is 13.2 Å². The second-order valence-corrected chi connectivity index (χ2v) is 6.97. The lowest BCUT2D eigenvalue weighted by Gasteiger charge is -2.32. The molecular weight excluding hydrogens is 375 g/mol. The SMILES string of the molecule is Cc1noc(C)c1CC(=O)N1CCC(COc2cccc(C(F)(F)F)n2)CC1. The molecule has 6 nitrogen and oxygen atoms in total. The molecule has 0 saturated carbocycles. The molecule has 152 valence electrons. The molecule has 0 aromatic carbocycles. The second kappa shape index (κ2) is 8.20. The third kappa shape index (κ3) is 4.82. The predicted octanol–water partition coefficient (Wildman–Crippen LogP) is 3.57. The molecule has 0 spiro atoms. The number of amides is 1. The van der Waals surface area contributed by atoms with E-state index in [9.17, 15) is 18.0 Å². The number of carbonyl (C=O) groups excluding carboxylic acids is 1. The highest BCUT2D eigenvalue weighted by Crippen LogP contribution is 2.29. The fraction of sp³-hybridized carbons (Fsp3) is 0.526. The summed E-state index contributed by atoms with van der Waals surface area (Å²) in [5, 5.41) is 3.86. The number of hydrogen-bond acceptors (Lipinski definition) is 5. The van der Waals surface area contributed by atoms with E-state index < -0.39 is 11.9 Å². The highest BCUT2D eigenvalue weighted by molar-refractivity contribution is 5.79. The van der Waals surface area contributed by atoms with Crippen LogP contribution < -0.4 is 4.74 Å². The summed E-state index contributed by atoms with van der Waals surface area (Å²) in [5.74, 6) is 0.808. The molecule has 1 saturated heterocycles. The first kappa shape index (κ1) is 20.2. The van der Waals surface area contributed by atoms with Crippen LogP contribution in [0.5, 0.6) is 5.88 Å². The van der Waals surface area contributed by atoms with Crippen molar-refractivity contribution < 1.29 is 27.2 Å². The standard InChI is InChI=1S/C19H22F3N3O3/c1-12-15(13(2)28-24-12)10-18(26)25-8-6-14(7-9-25)11-27-17-5-3-4-16(23-17)19(20,21)22/h3-5,14H,6-11H2,1-2H3. The average Bonchev–Trinajstić information content (AvgIpc) is 2.98. The number of alkyl halides is 3. The van der Waals surface area contributed by atoms with Crippen LogP contribution in [0.25, 0.3) is 0 Å². The third-order valence-corrected chi connectivity index (χ3v) is 4.96. The van der Waals surface area contributed by atoms with E-state index in [0.717, 1.165) is 30.2 Å². The summed E-state index contributed by atoms with van der Waals surface area (Å²) < 4.78 is 48.7. The van der Waals surface area contributed by atoms with Crippen molar-refractivity contribution in [3.8, 4) is 5.88 Å². The van der Waals surface area contributed by atoms with Gasteiger partial charge in [-0.15, -0.1) is 0 Å². The van der Waals surface area contributed by atoms with E-state index in [-0.39, 0.29) is 30.7 Å². The van der Waals surface area contributed by atoms with Crippen LogP contribution in [0, 0.1) is 19.8 Å². The normalized spacial score (nSPS) is 15.7. The molecule has 1 fully saturated rings. The maximum Gasteiger partial charge on any atom is 0.433 e. The van der Waals surface area contributed by atoms with Gasteiger partial charge >= 0.3 is 6.18 Å². The first-order chi connectivity index (χ1) is 13.2. The fourth-order valence-electron chi connectivity index (χ4n) is 3.22. The summed E-state index contributed by atoms with van der Waals surface area (Å²) in [6.45, 7) is 5.05. The lowest BCUT2D eigenvalue weighted by atomic mass is 9.97. The number of halogens is 3. The Balaban J connectivity index is 1.47. The van der Waals surface area contributed by atoms with Crippen molar-refractivity contribution in [3.05, 3.63) is 40.9 Å². The molecule has 0 unspecified atom stereocenters. The van der Waals surface area contributed by atoms with Crippen molar-refractivity contribution >= 4 is 5.91 Å². The highest BCUT2D eigenvalue weighted by Gasteiger charge is 2.32. The van der Waals surface area contributed by atoms with E-state index in [2.05, 4.69) is 10.1 Å². The Kier molecular flexibility index (Phi) is 5.90. The third-order valence-electron chi connectivity index (χ3n) is 4.96. The molecule has 1 aliphatic heterocycles. The van der Waals surface area contributed by atoms with Crippen LogP contribution in [-0.2, 0) is 17.4 Å². The van der Waals surface area contributed by atoms with E-state index in [1.807, 2.05) is 6.92 Å². The quantitative estimate of drug-likeness (QED) is 0.772. The maximum absolute atomic E-state index is 12.7. The lowest BCUT2D eigenvalue weighted by Crippen LogP contribution is -2.40. The van der Waals surface area contributed by atoms with Gasteiger partial charge in [0.25, 0.3) is 0 Å². The molecule has 9 heteroatoms. The monoisotopic (exact) mass is 397 g/mol. The van der Waals surface area contributed by atoms with Gasteiger partial charge in [0.1, 0.15) is 11.5 Å². The first-order valence-corrected chi connectivity index (χ1v) is 9.10. The fourth-order valence-corrected chi connectivity index (χ4v) is 3.22. The van der Waals surface area contributed by atoms with Gasteiger partial charge in [0.05, 0.1) is 18.7 Å². The Hall–Kier alpha value is -2.58. The van der Waals surface area contributed by atoms with Crippen molar-refractivity contribution in [2.75, 3.05) is 19.7 Å². The molecule has 0 aliphatic carbocycles. The van der Waals surface area contributed by atoms with Gasteiger partial charge in [0, 0.05) is 24.7 Å². The number of aryl methyl sites for hydroxylation is 2. The van der Waals surface area contributed by atoms with E-state index in [4.69, 9.17) is 9.26 Å².